The number of carbonyl (C=O) groups is 3. The predicted octanol–water partition coefficient (Wildman–Crippen LogP) is 0.459. The first-order valence-electron chi connectivity index (χ1n) is 6.48. The van der Waals surface area contributed by atoms with E-state index in [1.165, 1.54) is 19.1 Å². The summed E-state index contributed by atoms with van der Waals surface area (Å²) in [6.07, 6.45) is -4.77. The monoisotopic (exact) mass is 343 g/mol. The molecule has 0 aliphatic heterocycles. The average Bonchev–Trinajstić information content (AvgIpc) is 2.51. The summed E-state index contributed by atoms with van der Waals surface area (Å²) in [5, 5.41) is 37.3. The van der Waals surface area contributed by atoms with E-state index in [-0.39, 0.29) is 5.56 Å². The zero-order chi connectivity index (χ0) is 18.4. The van der Waals surface area contributed by atoms with E-state index in [2.05, 4.69) is 9.47 Å². The summed E-state index contributed by atoms with van der Waals surface area (Å²) in [7, 11) is 0. The number of hydrogen-bond donors (Lipinski definition) is 4. The van der Waals surface area contributed by atoms with Gasteiger partial charge in [0.25, 0.3) is 0 Å². The van der Waals surface area contributed by atoms with E-state index < -0.39 is 47.3 Å². The Morgan fingerprint density at radius 3 is 2.25 bits per heavy atom. The van der Waals surface area contributed by atoms with Crippen LogP contribution in [0.3, 0.4) is 0 Å². The summed E-state index contributed by atoms with van der Waals surface area (Å²) in [5.74, 6) is -3.07. The van der Waals surface area contributed by atoms with Crippen LogP contribution in [0.4, 0.5) is 10.5 Å². The van der Waals surface area contributed by atoms with Crippen LogP contribution in [-0.2, 0) is 19.1 Å². The molecule has 0 saturated heterocycles. The number of para-hydroxylation sites is 1. The van der Waals surface area contributed by atoms with Crippen molar-refractivity contribution in [2.24, 2.45) is 5.73 Å². The Morgan fingerprint density at radius 1 is 1.17 bits per heavy atom. The predicted molar refractivity (Wildman–Crippen MR) is 77.1 cm³/mol. The number of anilines is 1. The molecule has 1 aromatic rings. The fourth-order valence-corrected chi connectivity index (χ4v) is 1.68. The first-order valence-corrected chi connectivity index (χ1v) is 6.48. The van der Waals surface area contributed by atoms with E-state index in [1.807, 2.05) is 0 Å². The summed E-state index contributed by atoms with van der Waals surface area (Å²) in [4.78, 5) is 33.6. The minimum Gasteiger partial charge on any atom is -0.733 e. The van der Waals surface area contributed by atoms with Gasteiger partial charge < -0.3 is 35.9 Å². The normalized spacial score (nSPS) is 14.2. The molecular weight excluding hydrogens is 328 g/mol. The van der Waals surface area contributed by atoms with Gasteiger partial charge in [0.05, 0.1) is 5.69 Å². The molecule has 0 heterocycles. The Bertz CT molecular complexity index is 619. The Balaban J connectivity index is 2.94. The molecule has 0 aliphatic rings. The van der Waals surface area contributed by atoms with Crippen molar-refractivity contribution in [3.8, 4) is 0 Å². The number of nitrogens with two attached hydrogens (primary N) is 1. The molecule has 2 unspecified atom stereocenters. The highest BCUT2D eigenvalue weighted by atomic mass is 16.8. The van der Waals surface area contributed by atoms with Crippen LogP contribution >= 0.6 is 0 Å². The van der Waals surface area contributed by atoms with Crippen LogP contribution in [0.2, 0.25) is 0 Å². The molecule has 0 fully saturated rings. The lowest BCUT2D eigenvalue weighted by molar-refractivity contribution is -0.150. The van der Waals surface area contributed by atoms with Crippen LogP contribution in [0.15, 0.2) is 24.3 Å². The van der Waals surface area contributed by atoms with E-state index in [9.17, 15) is 19.6 Å². The van der Waals surface area contributed by atoms with Crippen LogP contribution in [0.5, 0.6) is 0 Å². The molecule has 0 spiro atoms. The topological polar surface area (TPSA) is 183 Å². The van der Waals surface area contributed by atoms with Gasteiger partial charge in [0.15, 0.2) is 0 Å². The highest BCUT2D eigenvalue weighted by molar-refractivity contribution is 5.80. The van der Waals surface area contributed by atoms with Gasteiger partial charge in [0.2, 0.25) is 6.10 Å². The number of ether oxygens (including phenoxy) is 2. The lowest BCUT2D eigenvalue weighted by Crippen LogP contribution is -2.42. The fourth-order valence-electron chi connectivity index (χ4n) is 1.68. The molecular formula is C13H15N2O9-. The molecule has 3 atom stereocenters. The SMILES string of the molecule is CC(OC(=O)OC(C(=O)O)c1ccccc1N([O-])O)[C@H](N)C(=O)O. The van der Waals surface area contributed by atoms with Crippen molar-refractivity contribution in [1.29, 1.82) is 0 Å². The number of carboxylic acid groups (broad SMARTS) is 2. The van der Waals surface area contributed by atoms with Crippen molar-refractivity contribution in [2.75, 3.05) is 5.23 Å². The number of carboxylic acids is 2. The van der Waals surface area contributed by atoms with Crippen LogP contribution in [0.1, 0.15) is 18.6 Å². The van der Waals surface area contributed by atoms with Crippen LogP contribution < -0.4 is 11.0 Å². The van der Waals surface area contributed by atoms with Gasteiger partial charge in [0.1, 0.15) is 12.1 Å². The van der Waals surface area contributed by atoms with E-state index in [0.29, 0.717) is 0 Å². The third-order valence-electron chi connectivity index (χ3n) is 2.94. The van der Waals surface area contributed by atoms with Crippen molar-refractivity contribution in [3.05, 3.63) is 35.0 Å². The van der Waals surface area contributed by atoms with Gasteiger partial charge in [0, 0.05) is 5.56 Å². The molecule has 0 aromatic heterocycles. The second-order valence-electron chi connectivity index (χ2n) is 4.60. The van der Waals surface area contributed by atoms with Gasteiger partial charge in [-0.2, -0.15) is 0 Å². The van der Waals surface area contributed by atoms with Crippen LogP contribution in [0.25, 0.3) is 0 Å². The zero-order valence-corrected chi connectivity index (χ0v) is 12.4. The van der Waals surface area contributed by atoms with Gasteiger partial charge in [-0.15, -0.1) is 0 Å². The Labute approximate surface area is 135 Å². The standard InChI is InChI=1S/C13H15N2O9/c1-6(9(14)11(16)17)23-13(20)24-10(12(18)19)7-4-2-3-5-8(7)15(21)22/h2-6,9-10,21H,14H2,1H3,(H,16,17)(H,18,19)/q-1/t6?,9-,10?/m0/s1. The lowest BCUT2D eigenvalue weighted by Gasteiger charge is -2.26. The molecule has 0 bridgehead atoms. The summed E-state index contributed by atoms with van der Waals surface area (Å²) in [6.45, 7) is 1.18. The van der Waals surface area contributed by atoms with E-state index in [0.717, 1.165) is 12.1 Å². The van der Waals surface area contributed by atoms with Crippen LogP contribution in [-0.4, -0.2) is 45.7 Å². The molecule has 132 valence electrons. The summed E-state index contributed by atoms with van der Waals surface area (Å²) < 4.78 is 9.19. The molecule has 11 nitrogen and oxygen atoms in total. The maximum Gasteiger partial charge on any atom is 0.509 e. The smallest absolute Gasteiger partial charge is 0.509 e. The van der Waals surface area contributed by atoms with Crippen LogP contribution in [0, 0.1) is 5.21 Å². The number of nitrogens with zero attached hydrogens (tertiary/aromatic N) is 1. The maximum absolute atomic E-state index is 11.6. The minimum atomic E-state index is -1.97. The third kappa shape index (κ3) is 4.81. The first-order chi connectivity index (χ1) is 11.1. The minimum absolute atomic E-state index is 0.311. The van der Waals surface area contributed by atoms with E-state index in [1.54, 1.807) is 0 Å². The molecule has 0 amide bonds. The van der Waals surface area contributed by atoms with Crippen molar-refractivity contribution >= 4 is 23.8 Å². The molecule has 1 rings (SSSR count). The first kappa shape index (κ1) is 19.2. The maximum atomic E-state index is 11.6. The van der Waals surface area contributed by atoms with Crippen molar-refractivity contribution < 1.29 is 39.3 Å². The molecule has 5 N–H and O–H groups in total. The average molecular weight is 343 g/mol. The summed E-state index contributed by atoms with van der Waals surface area (Å²) in [6, 6.07) is 3.43. The second kappa shape index (κ2) is 8.10. The molecule has 0 aliphatic carbocycles. The molecule has 0 saturated carbocycles. The number of carbonyl (C=O) groups excluding carboxylic acids is 1. The summed E-state index contributed by atoms with van der Waals surface area (Å²) >= 11 is 0. The van der Waals surface area contributed by atoms with E-state index in [4.69, 9.17) is 21.2 Å². The molecule has 24 heavy (non-hydrogen) atoms. The fraction of sp³-hybridized carbons (Fsp3) is 0.308. The Hall–Kier alpha value is -2.89. The molecule has 0 radical (unpaired) electrons. The molecule has 1 aromatic carbocycles. The highest BCUT2D eigenvalue weighted by Gasteiger charge is 2.30. The van der Waals surface area contributed by atoms with Gasteiger partial charge in [-0.25, -0.2) is 9.59 Å². The number of aliphatic carboxylic acids is 2. The zero-order valence-electron chi connectivity index (χ0n) is 12.4. The Morgan fingerprint density at radius 2 is 1.75 bits per heavy atom. The lowest BCUT2D eigenvalue weighted by atomic mass is 10.1. The van der Waals surface area contributed by atoms with Crippen molar-refractivity contribution in [3.63, 3.8) is 0 Å². The largest absolute Gasteiger partial charge is 0.733 e. The Kier molecular flexibility index (Phi) is 6.47. The van der Waals surface area contributed by atoms with Gasteiger partial charge in [-0.05, 0) is 13.0 Å². The number of rotatable bonds is 7. The molecule has 11 heteroatoms. The van der Waals surface area contributed by atoms with Gasteiger partial charge in [-0.1, -0.05) is 18.2 Å². The van der Waals surface area contributed by atoms with E-state index >= 15 is 0 Å². The quantitative estimate of drug-likeness (QED) is 0.398. The van der Waals surface area contributed by atoms with Gasteiger partial charge in [-0.3, -0.25) is 10.0 Å². The second-order valence-corrected chi connectivity index (χ2v) is 4.60. The van der Waals surface area contributed by atoms with Gasteiger partial charge >= 0.3 is 18.1 Å². The van der Waals surface area contributed by atoms with Crippen molar-refractivity contribution in [2.45, 2.75) is 25.2 Å². The number of benzene rings is 1. The highest BCUT2D eigenvalue weighted by Crippen LogP contribution is 2.28. The van der Waals surface area contributed by atoms with Crippen molar-refractivity contribution in [1.82, 2.24) is 0 Å². The summed E-state index contributed by atoms with van der Waals surface area (Å²) in [5.41, 5.74) is 4.48. The third-order valence-corrected chi connectivity index (χ3v) is 2.94. The number of hydrogen-bond acceptors (Lipinski definition) is 9.